The molecule has 0 aliphatic rings. The first-order valence-corrected chi connectivity index (χ1v) is 11.2. The molecule has 1 N–H and O–H groups in total. The average molecular weight is 436 g/mol. The molecule has 0 fully saturated rings. The van der Waals surface area contributed by atoms with Crippen LogP contribution in [0.4, 0.5) is 0 Å². The lowest BCUT2D eigenvalue weighted by Gasteiger charge is -2.21. The number of benzene rings is 2. The van der Waals surface area contributed by atoms with Crippen LogP contribution in [-0.2, 0) is 23.0 Å². The Morgan fingerprint density at radius 2 is 1.52 bits per heavy atom. The van der Waals surface area contributed by atoms with Gasteiger partial charge in [0.25, 0.3) is 15.6 Å². The molecule has 0 radical (unpaired) electrons. The van der Waals surface area contributed by atoms with Crippen LogP contribution >= 0.6 is 0 Å². The highest BCUT2D eigenvalue weighted by Gasteiger charge is 2.28. The summed E-state index contributed by atoms with van der Waals surface area (Å²) in [5.74, 6) is 0.262. The average Bonchev–Trinajstić information content (AvgIpc) is 3.30. The van der Waals surface area contributed by atoms with Gasteiger partial charge in [-0.15, -0.1) is 0 Å². The largest absolute Gasteiger partial charge is 0.442 e. The van der Waals surface area contributed by atoms with Gasteiger partial charge in [-0.1, -0.05) is 60.7 Å². The Morgan fingerprint density at radius 3 is 2.16 bits per heavy atom. The Hall–Kier alpha value is -3.49. The number of sulfonamides is 1. The first-order valence-electron chi connectivity index (χ1n) is 9.76. The Morgan fingerprint density at radius 1 is 0.839 bits per heavy atom. The number of nitrogens with zero attached hydrogens (tertiary/aromatic N) is 2. The topological polar surface area (TPSA) is 96.3 Å². The summed E-state index contributed by atoms with van der Waals surface area (Å²) < 4.78 is 33.9. The molecule has 4 rings (SSSR count). The van der Waals surface area contributed by atoms with Gasteiger partial charge >= 0.3 is 0 Å². The highest BCUT2D eigenvalue weighted by atomic mass is 32.2. The molecule has 0 saturated carbocycles. The second-order valence-corrected chi connectivity index (χ2v) is 8.85. The molecule has 158 valence electrons. The summed E-state index contributed by atoms with van der Waals surface area (Å²) >= 11 is 0. The maximum absolute atomic E-state index is 13.4. The first kappa shape index (κ1) is 20.8. The molecular weight excluding hydrogens is 414 g/mol. The minimum absolute atomic E-state index is 0.167. The summed E-state index contributed by atoms with van der Waals surface area (Å²) in [7, 11) is -3.90. The Bertz CT molecular complexity index is 1280. The summed E-state index contributed by atoms with van der Waals surface area (Å²) in [6, 6.07) is 24.9. The van der Waals surface area contributed by atoms with Crippen LogP contribution in [0.3, 0.4) is 0 Å². The van der Waals surface area contributed by atoms with Crippen molar-refractivity contribution in [3.05, 3.63) is 106 Å². The van der Waals surface area contributed by atoms with Crippen molar-refractivity contribution in [2.75, 3.05) is 6.54 Å². The quantitative estimate of drug-likeness (QED) is 0.457. The monoisotopic (exact) mass is 435 g/mol. The lowest BCUT2D eigenvalue weighted by Crippen LogP contribution is -2.32. The Balaban J connectivity index is 1.62. The van der Waals surface area contributed by atoms with E-state index in [1.807, 2.05) is 60.7 Å². The van der Waals surface area contributed by atoms with Crippen LogP contribution in [0.1, 0.15) is 11.1 Å². The number of aromatic amines is 1. The molecule has 0 saturated heterocycles. The molecule has 2 aromatic carbocycles. The zero-order valence-corrected chi connectivity index (χ0v) is 17.5. The molecule has 8 heteroatoms. The first-order chi connectivity index (χ1) is 15.0. The van der Waals surface area contributed by atoms with Crippen LogP contribution in [0.2, 0.25) is 0 Å². The highest BCUT2D eigenvalue weighted by molar-refractivity contribution is 7.89. The van der Waals surface area contributed by atoms with E-state index in [0.717, 1.165) is 11.1 Å². The zero-order chi connectivity index (χ0) is 21.7. The Kier molecular flexibility index (Phi) is 6.11. The van der Waals surface area contributed by atoms with E-state index in [1.165, 1.54) is 28.6 Å². The van der Waals surface area contributed by atoms with Crippen molar-refractivity contribution in [2.45, 2.75) is 18.1 Å². The summed E-state index contributed by atoms with van der Waals surface area (Å²) in [5, 5.41) is 6.04. The van der Waals surface area contributed by atoms with Gasteiger partial charge in [-0.3, -0.25) is 4.79 Å². The van der Waals surface area contributed by atoms with Gasteiger partial charge in [-0.05, 0) is 35.7 Å². The molecule has 0 unspecified atom stereocenters. The van der Waals surface area contributed by atoms with Crippen molar-refractivity contribution in [1.29, 1.82) is 0 Å². The number of aromatic nitrogens is 2. The molecule has 2 aromatic heterocycles. The van der Waals surface area contributed by atoms with Gasteiger partial charge in [0.05, 0.1) is 0 Å². The van der Waals surface area contributed by atoms with E-state index in [-0.39, 0.29) is 23.0 Å². The van der Waals surface area contributed by atoms with Crippen molar-refractivity contribution in [3.63, 3.8) is 0 Å². The third-order valence-electron chi connectivity index (χ3n) is 4.80. The second-order valence-electron chi connectivity index (χ2n) is 6.98. The van der Waals surface area contributed by atoms with Gasteiger partial charge in [0.15, 0.2) is 5.76 Å². The van der Waals surface area contributed by atoms with Crippen LogP contribution in [0.15, 0.2) is 99.2 Å². The van der Waals surface area contributed by atoms with Crippen LogP contribution in [0.25, 0.3) is 11.5 Å². The minimum atomic E-state index is -3.90. The minimum Gasteiger partial charge on any atom is -0.442 e. The molecule has 0 amide bonds. The van der Waals surface area contributed by atoms with E-state index in [4.69, 9.17) is 4.42 Å². The molecule has 0 atom stereocenters. The molecule has 0 aliphatic carbocycles. The number of rotatable bonds is 8. The van der Waals surface area contributed by atoms with Crippen molar-refractivity contribution in [3.8, 4) is 11.5 Å². The predicted octanol–water partition coefficient (Wildman–Crippen LogP) is 3.46. The predicted molar refractivity (Wildman–Crippen MR) is 117 cm³/mol. The molecule has 7 nitrogen and oxygen atoms in total. The summed E-state index contributed by atoms with van der Waals surface area (Å²) in [6.07, 6.45) is 0.571. The fourth-order valence-electron chi connectivity index (χ4n) is 3.18. The van der Waals surface area contributed by atoms with Crippen molar-refractivity contribution < 1.29 is 12.8 Å². The maximum Gasteiger partial charge on any atom is 0.276 e. The number of nitrogens with one attached hydrogen (secondary N) is 1. The van der Waals surface area contributed by atoms with Gasteiger partial charge in [0.1, 0.15) is 5.69 Å². The zero-order valence-electron chi connectivity index (χ0n) is 16.6. The van der Waals surface area contributed by atoms with Crippen LogP contribution in [0.5, 0.6) is 0 Å². The van der Waals surface area contributed by atoms with Gasteiger partial charge in [-0.25, -0.2) is 13.5 Å². The molecule has 31 heavy (non-hydrogen) atoms. The number of hydrogen-bond donors (Lipinski definition) is 1. The molecule has 0 bridgehead atoms. The van der Waals surface area contributed by atoms with Crippen molar-refractivity contribution in [1.82, 2.24) is 14.5 Å². The molecule has 2 heterocycles. The molecule has 0 spiro atoms. The molecular formula is C23H21N3O4S. The SMILES string of the molecule is O=c1ccc(-c2ccc(S(=O)(=O)N(CCc3ccccc3)Cc3ccccc3)o2)n[nH]1. The van der Waals surface area contributed by atoms with Crippen LogP contribution in [-0.4, -0.2) is 29.5 Å². The van der Waals surface area contributed by atoms with Crippen molar-refractivity contribution >= 4 is 10.0 Å². The van der Waals surface area contributed by atoms with E-state index in [1.54, 1.807) is 0 Å². The van der Waals surface area contributed by atoms with Gasteiger partial charge in [0, 0.05) is 19.2 Å². The van der Waals surface area contributed by atoms with E-state index in [0.29, 0.717) is 18.7 Å². The fourth-order valence-corrected chi connectivity index (χ4v) is 4.52. The molecule has 0 aliphatic heterocycles. The van der Waals surface area contributed by atoms with Crippen molar-refractivity contribution in [2.24, 2.45) is 0 Å². The number of H-pyrrole nitrogens is 1. The third kappa shape index (κ3) is 4.99. The van der Waals surface area contributed by atoms with E-state index in [9.17, 15) is 13.2 Å². The maximum atomic E-state index is 13.4. The third-order valence-corrected chi connectivity index (χ3v) is 6.52. The number of hydrogen-bond acceptors (Lipinski definition) is 5. The highest BCUT2D eigenvalue weighted by Crippen LogP contribution is 2.26. The van der Waals surface area contributed by atoms with Crippen LogP contribution in [0, 0.1) is 0 Å². The summed E-state index contributed by atoms with van der Waals surface area (Å²) in [5.41, 5.74) is 1.93. The molecule has 4 aromatic rings. The van der Waals surface area contributed by atoms with E-state index in [2.05, 4.69) is 10.2 Å². The smallest absolute Gasteiger partial charge is 0.276 e. The lowest BCUT2D eigenvalue weighted by molar-refractivity contribution is 0.379. The van der Waals surface area contributed by atoms with Gasteiger partial charge in [-0.2, -0.15) is 9.40 Å². The van der Waals surface area contributed by atoms with Gasteiger partial charge < -0.3 is 4.42 Å². The number of furan rings is 1. The normalized spacial score (nSPS) is 11.6. The Labute approximate surface area is 180 Å². The fraction of sp³-hybridized carbons (Fsp3) is 0.130. The summed E-state index contributed by atoms with van der Waals surface area (Å²) in [6.45, 7) is 0.525. The van der Waals surface area contributed by atoms with Crippen LogP contribution < -0.4 is 5.56 Å². The van der Waals surface area contributed by atoms with E-state index < -0.39 is 10.0 Å². The lowest BCUT2D eigenvalue weighted by atomic mass is 10.1. The summed E-state index contributed by atoms with van der Waals surface area (Å²) in [4.78, 5) is 11.2. The standard InChI is InChI=1S/C23H21N3O4S/c27-22-13-11-20(24-25-22)21-12-14-23(30-21)31(28,29)26(17-19-9-5-2-6-10-19)16-15-18-7-3-1-4-8-18/h1-14H,15-17H2,(H,25,27). The van der Waals surface area contributed by atoms with E-state index >= 15 is 0 Å². The second kappa shape index (κ2) is 9.11. The van der Waals surface area contributed by atoms with Gasteiger partial charge in [0.2, 0.25) is 5.09 Å².